The van der Waals surface area contributed by atoms with Gasteiger partial charge in [0.2, 0.25) is 0 Å². The Bertz CT molecular complexity index is 695. The third-order valence-corrected chi connectivity index (χ3v) is 2.99. The van der Waals surface area contributed by atoms with Gasteiger partial charge in [0.1, 0.15) is 11.0 Å². The van der Waals surface area contributed by atoms with Crippen LogP contribution in [-0.2, 0) is 0 Å². The van der Waals surface area contributed by atoms with Crippen LogP contribution in [0.15, 0.2) is 42.7 Å². The van der Waals surface area contributed by atoms with Gasteiger partial charge in [0.15, 0.2) is 0 Å². The first-order valence-corrected chi connectivity index (χ1v) is 6.00. The van der Waals surface area contributed by atoms with Gasteiger partial charge in [-0.25, -0.2) is 0 Å². The van der Waals surface area contributed by atoms with E-state index < -0.39 is 0 Å². The van der Waals surface area contributed by atoms with E-state index in [-0.39, 0.29) is 5.91 Å². The number of nitrogens with one attached hydrogen (secondary N) is 1. The van der Waals surface area contributed by atoms with Gasteiger partial charge < -0.3 is 5.32 Å². The molecule has 6 heteroatoms. The van der Waals surface area contributed by atoms with Crippen molar-refractivity contribution in [3.8, 4) is 0 Å². The van der Waals surface area contributed by atoms with E-state index in [2.05, 4.69) is 19.0 Å². The molecule has 2 aromatic heterocycles. The zero-order valence-corrected chi connectivity index (χ0v) is 10.0. The summed E-state index contributed by atoms with van der Waals surface area (Å²) < 4.78 is 8.20. The van der Waals surface area contributed by atoms with Crippen molar-refractivity contribution in [2.24, 2.45) is 0 Å². The zero-order valence-electron chi connectivity index (χ0n) is 9.20. The Morgan fingerprint density at radius 3 is 2.89 bits per heavy atom. The number of aromatic nitrogens is 3. The predicted octanol–water partition coefficient (Wildman–Crippen LogP) is 2.34. The highest BCUT2D eigenvalue weighted by molar-refractivity contribution is 7.00. The fourth-order valence-corrected chi connectivity index (χ4v) is 2.08. The molecule has 0 aliphatic heterocycles. The Kier molecular flexibility index (Phi) is 2.70. The third kappa shape index (κ3) is 2.05. The van der Waals surface area contributed by atoms with Crippen LogP contribution in [-0.4, -0.2) is 19.6 Å². The highest BCUT2D eigenvalue weighted by Gasteiger charge is 2.08. The van der Waals surface area contributed by atoms with Crippen LogP contribution in [0.25, 0.3) is 11.0 Å². The number of carbonyl (C=O) groups is 1. The van der Waals surface area contributed by atoms with E-state index >= 15 is 0 Å². The fourth-order valence-electron chi connectivity index (χ4n) is 1.56. The molecule has 0 aliphatic rings. The highest BCUT2D eigenvalue weighted by Crippen LogP contribution is 2.14. The van der Waals surface area contributed by atoms with Crippen molar-refractivity contribution in [2.75, 3.05) is 5.32 Å². The molecular formula is C12H8N4OS. The molecule has 5 nitrogen and oxygen atoms in total. The number of nitrogens with zero attached hydrogens (tertiary/aromatic N) is 3. The summed E-state index contributed by atoms with van der Waals surface area (Å²) in [6.45, 7) is 0. The lowest BCUT2D eigenvalue weighted by Crippen LogP contribution is -2.11. The number of anilines is 1. The number of benzene rings is 1. The van der Waals surface area contributed by atoms with Crippen LogP contribution >= 0.6 is 11.7 Å². The normalized spacial score (nSPS) is 10.4. The van der Waals surface area contributed by atoms with E-state index in [1.165, 1.54) is 0 Å². The molecule has 0 radical (unpaired) electrons. The van der Waals surface area contributed by atoms with Gasteiger partial charge in [-0.1, -0.05) is 0 Å². The predicted molar refractivity (Wildman–Crippen MR) is 69.6 cm³/mol. The molecule has 0 saturated heterocycles. The van der Waals surface area contributed by atoms with E-state index in [1.807, 2.05) is 0 Å². The van der Waals surface area contributed by atoms with Crippen LogP contribution < -0.4 is 5.32 Å². The largest absolute Gasteiger partial charge is 0.321 e. The Balaban J connectivity index is 1.87. The first-order chi connectivity index (χ1) is 8.83. The summed E-state index contributed by atoms with van der Waals surface area (Å²) in [5, 5.41) is 2.77. The molecule has 0 fully saturated rings. The molecule has 0 bridgehead atoms. The SMILES string of the molecule is O=C(Nc1cccnc1)c1ccc2nsnc2c1. The number of amides is 1. The van der Waals surface area contributed by atoms with E-state index in [0.29, 0.717) is 11.3 Å². The van der Waals surface area contributed by atoms with Crippen LogP contribution in [0.3, 0.4) is 0 Å². The molecule has 1 aromatic carbocycles. The lowest BCUT2D eigenvalue weighted by molar-refractivity contribution is 0.102. The van der Waals surface area contributed by atoms with Crippen molar-refractivity contribution in [1.29, 1.82) is 0 Å². The third-order valence-electron chi connectivity index (χ3n) is 2.44. The van der Waals surface area contributed by atoms with Crippen LogP contribution in [0.5, 0.6) is 0 Å². The highest BCUT2D eigenvalue weighted by atomic mass is 32.1. The summed E-state index contributed by atoms with van der Waals surface area (Å²) in [4.78, 5) is 15.9. The number of rotatable bonds is 2. The van der Waals surface area contributed by atoms with Crippen LogP contribution in [0.4, 0.5) is 5.69 Å². The van der Waals surface area contributed by atoms with E-state index in [1.54, 1.807) is 42.7 Å². The minimum absolute atomic E-state index is 0.182. The lowest BCUT2D eigenvalue weighted by atomic mass is 10.2. The average molecular weight is 256 g/mol. The smallest absolute Gasteiger partial charge is 0.255 e. The molecule has 88 valence electrons. The minimum atomic E-state index is -0.182. The number of pyridine rings is 1. The van der Waals surface area contributed by atoms with Crippen molar-refractivity contribution >= 4 is 34.4 Å². The number of hydrogen-bond donors (Lipinski definition) is 1. The molecule has 0 spiro atoms. The number of fused-ring (bicyclic) bond motifs is 1. The summed E-state index contributed by atoms with van der Waals surface area (Å²) >= 11 is 1.14. The topological polar surface area (TPSA) is 67.8 Å². The molecule has 3 aromatic rings. The first kappa shape index (κ1) is 10.8. The van der Waals surface area contributed by atoms with Crippen LogP contribution in [0.1, 0.15) is 10.4 Å². The Labute approximate surface area is 107 Å². The van der Waals surface area contributed by atoms with E-state index in [9.17, 15) is 4.79 Å². The van der Waals surface area contributed by atoms with Crippen molar-refractivity contribution in [2.45, 2.75) is 0 Å². The zero-order chi connectivity index (χ0) is 12.4. The second-order valence-electron chi connectivity index (χ2n) is 3.66. The molecule has 0 aliphatic carbocycles. The van der Waals surface area contributed by atoms with Crippen LogP contribution in [0.2, 0.25) is 0 Å². The maximum atomic E-state index is 12.0. The standard InChI is InChI=1S/C12H8N4OS/c17-12(14-9-2-1-5-13-7-9)8-3-4-10-11(6-8)16-18-15-10/h1-7H,(H,14,17). The molecule has 3 rings (SSSR count). The number of carbonyl (C=O) groups excluding carboxylic acids is 1. The van der Waals surface area contributed by atoms with Gasteiger partial charge in [-0.2, -0.15) is 8.75 Å². The lowest BCUT2D eigenvalue weighted by Gasteiger charge is -2.03. The van der Waals surface area contributed by atoms with Crippen molar-refractivity contribution in [3.63, 3.8) is 0 Å². The summed E-state index contributed by atoms with van der Waals surface area (Å²) in [7, 11) is 0. The summed E-state index contributed by atoms with van der Waals surface area (Å²) in [5.74, 6) is -0.182. The van der Waals surface area contributed by atoms with Gasteiger partial charge in [0.25, 0.3) is 5.91 Å². The summed E-state index contributed by atoms with van der Waals surface area (Å²) in [6, 6.07) is 8.80. The summed E-state index contributed by atoms with van der Waals surface area (Å²) in [5.41, 5.74) is 2.76. The monoisotopic (exact) mass is 256 g/mol. The van der Waals surface area contributed by atoms with Gasteiger partial charge in [0, 0.05) is 11.8 Å². The van der Waals surface area contributed by atoms with Gasteiger partial charge in [-0.15, -0.1) is 0 Å². The Morgan fingerprint density at radius 2 is 2.06 bits per heavy atom. The quantitative estimate of drug-likeness (QED) is 0.764. The molecule has 0 atom stereocenters. The molecule has 2 heterocycles. The fraction of sp³-hybridized carbons (Fsp3) is 0. The number of hydrogen-bond acceptors (Lipinski definition) is 5. The molecule has 0 saturated carbocycles. The van der Waals surface area contributed by atoms with Gasteiger partial charge in [-0.3, -0.25) is 9.78 Å². The maximum absolute atomic E-state index is 12.0. The van der Waals surface area contributed by atoms with Gasteiger partial charge in [-0.05, 0) is 30.3 Å². The molecule has 1 amide bonds. The van der Waals surface area contributed by atoms with Gasteiger partial charge >= 0.3 is 0 Å². The second-order valence-corrected chi connectivity index (χ2v) is 4.19. The van der Waals surface area contributed by atoms with Crippen molar-refractivity contribution < 1.29 is 4.79 Å². The average Bonchev–Trinajstić information content (AvgIpc) is 2.87. The minimum Gasteiger partial charge on any atom is -0.321 e. The van der Waals surface area contributed by atoms with Crippen molar-refractivity contribution in [3.05, 3.63) is 48.3 Å². The Morgan fingerprint density at radius 1 is 1.17 bits per heavy atom. The maximum Gasteiger partial charge on any atom is 0.255 e. The molecule has 18 heavy (non-hydrogen) atoms. The first-order valence-electron chi connectivity index (χ1n) is 5.26. The summed E-state index contributed by atoms with van der Waals surface area (Å²) in [6.07, 6.45) is 3.25. The second kappa shape index (κ2) is 4.50. The van der Waals surface area contributed by atoms with E-state index in [0.717, 1.165) is 22.8 Å². The Hall–Kier alpha value is -2.34. The van der Waals surface area contributed by atoms with Crippen molar-refractivity contribution in [1.82, 2.24) is 13.7 Å². The molecule has 1 N–H and O–H groups in total. The van der Waals surface area contributed by atoms with Gasteiger partial charge in [0.05, 0.1) is 23.6 Å². The molecule has 0 unspecified atom stereocenters. The van der Waals surface area contributed by atoms with E-state index in [4.69, 9.17) is 0 Å². The molecular weight excluding hydrogens is 248 g/mol. The van der Waals surface area contributed by atoms with Crippen LogP contribution in [0, 0.1) is 0 Å².